The van der Waals surface area contributed by atoms with Crippen LogP contribution in [-0.2, 0) is 4.74 Å². The number of hydrogen-bond donors (Lipinski definition) is 3. The first-order chi connectivity index (χ1) is 8.67. The highest BCUT2D eigenvalue weighted by Gasteiger charge is 2.33. The lowest BCUT2D eigenvalue weighted by molar-refractivity contribution is 0.0891. The van der Waals surface area contributed by atoms with Crippen molar-refractivity contribution >= 4 is 18.3 Å². The zero-order valence-corrected chi connectivity index (χ0v) is 12.1. The Morgan fingerprint density at radius 1 is 1.63 bits per heavy atom. The molecule has 1 aliphatic heterocycles. The van der Waals surface area contributed by atoms with E-state index in [1.807, 2.05) is 6.92 Å². The van der Waals surface area contributed by atoms with Crippen LogP contribution in [0, 0.1) is 6.92 Å². The van der Waals surface area contributed by atoms with Gasteiger partial charge in [-0.15, -0.1) is 12.4 Å². The van der Waals surface area contributed by atoms with Gasteiger partial charge in [0, 0.05) is 19.3 Å². The number of halogens is 1. The fourth-order valence-corrected chi connectivity index (χ4v) is 2.39. The third kappa shape index (κ3) is 3.68. The van der Waals surface area contributed by atoms with Gasteiger partial charge in [0.15, 0.2) is 0 Å². The Kier molecular flexibility index (Phi) is 5.78. The summed E-state index contributed by atoms with van der Waals surface area (Å²) in [5, 5.41) is 13.0. The quantitative estimate of drug-likeness (QED) is 0.743. The predicted molar refractivity (Wildman–Crippen MR) is 74.7 cm³/mol. The van der Waals surface area contributed by atoms with Crippen molar-refractivity contribution in [3.8, 4) is 0 Å². The third-order valence-electron chi connectivity index (χ3n) is 3.41. The lowest BCUT2D eigenvalue weighted by Gasteiger charge is -2.28. The number of ether oxygens (including phenoxy) is 1. The zero-order valence-electron chi connectivity index (χ0n) is 11.3. The van der Waals surface area contributed by atoms with Crippen LogP contribution < -0.4 is 10.6 Å². The van der Waals surface area contributed by atoms with E-state index in [0.29, 0.717) is 18.7 Å². The van der Waals surface area contributed by atoms with Crippen molar-refractivity contribution in [2.45, 2.75) is 25.3 Å². The Balaban J connectivity index is 0.00000180. The second kappa shape index (κ2) is 6.88. The molecule has 7 heteroatoms. The highest BCUT2D eigenvalue weighted by molar-refractivity contribution is 5.94. The van der Waals surface area contributed by atoms with Crippen molar-refractivity contribution in [1.82, 2.24) is 20.8 Å². The van der Waals surface area contributed by atoms with Crippen LogP contribution in [-0.4, -0.2) is 48.4 Å². The minimum absolute atomic E-state index is 0. The average molecular weight is 289 g/mol. The zero-order chi connectivity index (χ0) is 13.0. The first kappa shape index (κ1) is 15.9. The topological polar surface area (TPSA) is 79.0 Å². The molecule has 1 aliphatic rings. The van der Waals surface area contributed by atoms with Gasteiger partial charge in [-0.05, 0) is 26.3 Å². The maximum absolute atomic E-state index is 12.0. The summed E-state index contributed by atoms with van der Waals surface area (Å²) in [5.74, 6) is -0.0922. The van der Waals surface area contributed by atoms with Crippen molar-refractivity contribution in [3.05, 3.63) is 17.5 Å². The molecule has 1 aromatic rings. The molecule has 0 radical (unpaired) electrons. The smallest absolute Gasteiger partial charge is 0.254 e. The Morgan fingerprint density at radius 3 is 2.95 bits per heavy atom. The van der Waals surface area contributed by atoms with Crippen LogP contribution >= 0.6 is 12.4 Å². The number of aromatic nitrogens is 2. The number of H-pyrrole nitrogens is 1. The molecule has 0 spiro atoms. The summed E-state index contributed by atoms with van der Waals surface area (Å²) in [6.45, 7) is 3.99. The molecule has 1 atom stereocenters. The summed E-state index contributed by atoms with van der Waals surface area (Å²) in [5.41, 5.74) is 1.26. The number of hydrogen-bond acceptors (Lipinski definition) is 4. The summed E-state index contributed by atoms with van der Waals surface area (Å²) in [4.78, 5) is 12.0. The largest absolute Gasteiger partial charge is 0.383 e. The van der Waals surface area contributed by atoms with Gasteiger partial charge in [-0.25, -0.2) is 0 Å². The predicted octanol–water partition coefficient (Wildman–Crippen LogP) is 0.638. The van der Waals surface area contributed by atoms with Crippen LogP contribution in [0.2, 0.25) is 0 Å². The molecule has 2 heterocycles. The molecule has 0 aromatic carbocycles. The molecule has 0 aliphatic carbocycles. The third-order valence-corrected chi connectivity index (χ3v) is 3.41. The van der Waals surface area contributed by atoms with Crippen LogP contribution in [0.3, 0.4) is 0 Å². The Labute approximate surface area is 119 Å². The molecule has 0 saturated carbocycles. The van der Waals surface area contributed by atoms with Gasteiger partial charge in [0.25, 0.3) is 5.91 Å². The molecule has 1 saturated heterocycles. The minimum atomic E-state index is -0.123. The molecule has 1 aromatic heterocycles. The molecule has 3 N–H and O–H groups in total. The molecule has 108 valence electrons. The minimum Gasteiger partial charge on any atom is -0.383 e. The van der Waals surface area contributed by atoms with Crippen LogP contribution in [0.15, 0.2) is 6.20 Å². The lowest BCUT2D eigenvalue weighted by atomic mass is 9.98. The maximum Gasteiger partial charge on any atom is 0.254 e. The Morgan fingerprint density at radius 2 is 2.42 bits per heavy atom. The second-order valence-corrected chi connectivity index (χ2v) is 4.84. The van der Waals surface area contributed by atoms with Crippen molar-refractivity contribution in [2.75, 3.05) is 26.8 Å². The van der Waals surface area contributed by atoms with Gasteiger partial charge in [0.1, 0.15) is 0 Å². The van der Waals surface area contributed by atoms with E-state index < -0.39 is 0 Å². The number of methoxy groups -OCH3 is 1. The normalized spacial score (nSPS) is 22.0. The van der Waals surface area contributed by atoms with Gasteiger partial charge >= 0.3 is 0 Å². The number of rotatable bonds is 5. The van der Waals surface area contributed by atoms with E-state index in [9.17, 15) is 4.79 Å². The highest BCUT2D eigenvalue weighted by atomic mass is 35.5. The molecule has 6 nitrogen and oxygen atoms in total. The lowest BCUT2D eigenvalue weighted by Crippen LogP contribution is -2.53. The highest BCUT2D eigenvalue weighted by Crippen LogP contribution is 2.19. The molecule has 1 fully saturated rings. The monoisotopic (exact) mass is 288 g/mol. The fraction of sp³-hybridized carbons (Fsp3) is 0.667. The molecule has 1 unspecified atom stereocenters. The van der Waals surface area contributed by atoms with E-state index in [1.54, 1.807) is 13.3 Å². The standard InChI is InChI=1S/C12H20N4O2.ClH/c1-9-10(6-15-16-9)11(17)13-7-12(8-18-2)4-3-5-14-12;/h6,14H,3-5,7-8H2,1-2H3,(H,13,17)(H,15,16);1H. The van der Waals surface area contributed by atoms with Gasteiger partial charge < -0.3 is 15.4 Å². The Bertz CT molecular complexity index is 416. The van der Waals surface area contributed by atoms with Gasteiger partial charge in [-0.3, -0.25) is 9.89 Å². The Hall–Kier alpha value is -1.11. The van der Waals surface area contributed by atoms with Gasteiger partial charge in [0.05, 0.1) is 23.9 Å². The van der Waals surface area contributed by atoms with Crippen molar-refractivity contribution in [2.24, 2.45) is 0 Å². The van der Waals surface area contributed by atoms with Crippen molar-refractivity contribution < 1.29 is 9.53 Å². The van der Waals surface area contributed by atoms with E-state index in [1.165, 1.54) is 0 Å². The number of nitrogens with zero attached hydrogens (tertiary/aromatic N) is 1. The number of amides is 1. The van der Waals surface area contributed by atoms with E-state index in [-0.39, 0.29) is 23.9 Å². The first-order valence-corrected chi connectivity index (χ1v) is 6.19. The number of aromatic amines is 1. The average Bonchev–Trinajstić information content (AvgIpc) is 2.97. The van der Waals surface area contributed by atoms with Crippen LogP contribution in [0.25, 0.3) is 0 Å². The summed E-state index contributed by atoms with van der Waals surface area (Å²) in [6, 6.07) is 0. The van der Waals surface area contributed by atoms with Crippen molar-refractivity contribution in [1.29, 1.82) is 0 Å². The second-order valence-electron chi connectivity index (χ2n) is 4.84. The molecular formula is C12H21ClN4O2. The van der Waals surface area contributed by atoms with Gasteiger partial charge in [-0.2, -0.15) is 5.10 Å². The summed E-state index contributed by atoms with van der Waals surface area (Å²) >= 11 is 0. The van der Waals surface area contributed by atoms with E-state index in [0.717, 1.165) is 25.1 Å². The van der Waals surface area contributed by atoms with E-state index in [4.69, 9.17) is 4.74 Å². The van der Waals surface area contributed by atoms with E-state index in [2.05, 4.69) is 20.8 Å². The summed E-state index contributed by atoms with van der Waals surface area (Å²) in [7, 11) is 1.68. The molecule has 19 heavy (non-hydrogen) atoms. The maximum atomic E-state index is 12.0. The van der Waals surface area contributed by atoms with E-state index >= 15 is 0 Å². The van der Waals surface area contributed by atoms with Gasteiger partial charge in [-0.1, -0.05) is 0 Å². The SMILES string of the molecule is COCC1(CNC(=O)c2cn[nH]c2C)CCCN1.Cl. The number of carbonyl (C=O) groups is 1. The number of nitrogens with one attached hydrogen (secondary N) is 3. The molecular weight excluding hydrogens is 268 g/mol. The van der Waals surface area contributed by atoms with Crippen molar-refractivity contribution in [3.63, 3.8) is 0 Å². The molecule has 2 rings (SSSR count). The summed E-state index contributed by atoms with van der Waals surface area (Å²) in [6.07, 6.45) is 3.69. The van der Waals surface area contributed by atoms with Crippen LogP contribution in [0.5, 0.6) is 0 Å². The first-order valence-electron chi connectivity index (χ1n) is 6.19. The number of carbonyl (C=O) groups excluding carboxylic acids is 1. The van der Waals surface area contributed by atoms with Crippen LogP contribution in [0.1, 0.15) is 28.9 Å². The summed E-state index contributed by atoms with van der Waals surface area (Å²) < 4.78 is 5.24. The van der Waals surface area contributed by atoms with Crippen LogP contribution in [0.4, 0.5) is 0 Å². The van der Waals surface area contributed by atoms with Gasteiger partial charge in [0.2, 0.25) is 0 Å². The fourth-order valence-electron chi connectivity index (χ4n) is 2.39. The molecule has 1 amide bonds. The molecule has 0 bridgehead atoms. The number of aryl methyl sites for hydroxylation is 1.